The summed E-state index contributed by atoms with van der Waals surface area (Å²) in [5, 5.41) is 19.3. The normalized spacial score (nSPS) is 12.1. The minimum atomic E-state index is -0.448. The van der Waals surface area contributed by atoms with E-state index in [9.17, 15) is 0 Å². The van der Waals surface area contributed by atoms with Gasteiger partial charge in [-0.25, -0.2) is 4.98 Å². The molecule has 0 saturated heterocycles. The first-order valence-corrected chi connectivity index (χ1v) is 5.47. The summed E-state index contributed by atoms with van der Waals surface area (Å²) < 4.78 is 0. The highest BCUT2D eigenvalue weighted by Gasteiger charge is 2.24. The van der Waals surface area contributed by atoms with E-state index in [2.05, 4.69) is 4.98 Å². The van der Waals surface area contributed by atoms with Gasteiger partial charge in [-0.2, -0.15) is 0 Å². The highest BCUT2D eigenvalue weighted by molar-refractivity contribution is 7.11. The Balaban J connectivity index is 2.77. The Hall–Kier alpha value is -0.450. The summed E-state index contributed by atoms with van der Waals surface area (Å²) in [6, 6.07) is 0. The molecule has 1 aromatic rings. The van der Waals surface area contributed by atoms with E-state index in [0.717, 1.165) is 10.7 Å². The van der Waals surface area contributed by atoms with Crippen molar-refractivity contribution in [1.29, 1.82) is 0 Å². The number of aromatic nitrogens is 1. The van der Waals surface area contributed by atoms with Crippen molar-refractivity contribution in [2.75, 3.05) is 13.2 Å². The van der Waals surface area contributed by atoms with E-state index in [1.165, 1.54) is 4.88 Å². The largest absolute Gasteiger partial charge is 0.396 e. The maximum atomic E-state index is 9.14. The molecule has 14 heavy (non-hydrogen) atoms. The van der Waals surface area contributed by atoms with Crippen LogP contribution in [0, 0.1) is 19.3 Å². The molecule has 0 aliphatic heterocycles. The van der Waals surface area contributed by atoms with E-state index in [1.54, 1.807) is 11.3 Å². The lowest BCUT2D eigenvalue weighted by Crippen LogP contribution is -2.28. The lowest BCUT2D eigenvalue weighted by atomic mass is 9.89. The second-order valence-corrected chi connectivity index (χ2v) is 5.34. The summed E-state index contributed by atoms with van der Waals surface area (Å²) in [5.74, 6) is 0. The van der Waals surface area contributed by atoms with Crippen molar-refractivity contribution in [3.63, 3.8) is 0 Å². The van der Waals surface area contributed by atoms with Crippen LogP contribution in [0.5, 0.6) is 0 Å². The maximum Gasteiger partial charge on any atom is 0.0938 e. The van der Waals surface area contributed by atoms with Gasteiger partial charge in [0.05, 0.1) is 23.9 Å². The molecule has 0 radical (unpaired) electrons. The fourth-order valence-electron chi connectivity index (χ4n) is 1.14. The van der Waals surface area contributed by atoms with Crippen LogP contribution >= 0.6 is 11.3 Å². The number of aryl methyl sites for hydroxylation is 2. The Morgan fingerprint density at radius 2 is 1.86 bits per heavy atom. The first-order chi connectivity index (χ1) is 6.50. The molecule has 0 spiro atoms. The van der Waals surface area contributed by atoms with Crippen molar-refractivity contribution >= 4 is 11.3 Å². The Kier molecular flexibility index (Phi) is 3.64. The molecule has 0 atom stereocenters. The molecule has 4 heteroatoms. The van der Waals surface area contributed by atoms with Gasteiger partial charge in [-0.05, 0) is 13.8 Å². The Bertz CT molecular complexity index is 286. The van der Waals surface area contributed by atoms with E-state index in [0.29, 0.717) is 6.42 Å². The zero-order valence-corrected chi connectivity index (χ0v) is 9.69. The van der Waals surface area contributed by atoms with Crippen LogP contribution in [0.2, 0.25) is 0 Å². The topological polar surface area (TPSA) is 53.4 Å². The van der Waals surface area contributed by atoms with Gasteiger partial charge in [-0.3, -0.25) is 0 Å². The maximum absolute atomic E-state index is 9.14. The monoisotopic (exact) mass is 215 g/mol. The van der Waals surface area contributed by atoms with E-state index in [1.807, 2.05) is 20.8 Å². The van der Waals surface area contributed by atoms with Crippen LogP contribution in [0.3, 0.4) is 0 Å². The van der Waals surface area contributed by atoms with Gasteiger partial charge in [-0.15, -0.1) is 11.3 Å². The van der Waals surface area contributed by atoms with Crippen molar-refractivity contribution < 1.29 is 10.2 Å². The first kappa shape index (κ1) is 11.6. The van der Waals surface area contributed by atoms with Crippen molar-refractivity contribution in [3.8, 4) is 0 Å². The Labute approximate surface area is 88.4 Å². The van der Waals surface area contributed by atoms with Gasteiger partial charge in [0.25, 0.3) is 0 Å². The number of aliphatic hydroxyl groups is 2. The summed E-state index contributed by atoms with van der Waals surface area (Å²) in [5.41, 5.74) is 0.597. The molecule has 0 aromatic carbocycles. The van der Waals surface area contributed by atoms with Crippen LogP contribution in [0.1, 0.15) is 22.5 Å². The predicted octanol–water partition coefficient (Wildman–Crippen LogP) is 1.29. The minimum absolute atomic E-state index is 0.0127. The van der Waals surface area contributed by atoms with Crippen LogP contribution in [0.4, 0.5) is 0 Å². The number of rotatable bonds is 4. The molecule has 1 rings (SSSR count). The second-order valence-electron chi connectivity index (χ2n) is 4.05. The van der Waals surface area contributed by atoms with Crippen LogP contribution in [-0.4, -0.2) is 28.4 Å². The zero-order valence-electron chi connectivity index (χ0n) is 8.87. The fraction of sp³-hybridized carbons (Fsp3) is 0.700. The highest BCUT2D eigenvalue weighted by Crippen LogP contribution is 2.25. The molecule has 0 unspecified atom stereocenters. The average Bonchev–Trinajstić information content (AvgIpc) is 2.45. The van der Waals surface area contributed by atoms with Crippen LogP contribution in [-0.2, 0) is 6.42 Å². The summed E-state index contributed by atoms with van der Waals surface area (Å²) in [6.07, 6.45) is 0.638. The number of aliphatic hydroxyl groups excluding tert-OH is 2. The SMILES string of the molecule is Cc1nc(CC(C)(CO)CO)sc1C. The quantitative estimate of drug-likeness (QED) is 0.796. The van der Waals surface area contributed by atoms with Crippen LogP contribution in [0.25, 0.3) is 0 Å². The van der Waals surface area contributed by atoms with Crippen LogP contribution < -0.4 is 0 Å². The molecule has 2 N–H and O–H groups in total. The lowest BCUT2D eigenvalue weighted by Gasteiger charge is -2.22. The van der Waals surface area contributed by atoms with Gasteiger partial charge in [0.15, 0.2) is 0 Å². The number of nitrogens with zero attached hydrogens (tertiary/aromatic N) is 1. The molecule has 3 nitrogen and oxygen atoms in total. The molecule has 0 saturated carbocycles. The molecule has 0 aliphatic carbocycles. The van der Waals surface area contributed by atoms with Gasteiger partial charge in [0, 0.05) is 16.7 Å². The van der Waals surface area contributed by atoms with E-state index in [4.69, 9.17) is 10.2 Å². The predicted molar refractivity (Wildman–Crippen MR) is 57.6 cm³/mol. The molecule has 0 bridgehead atoms. The van der Waals surface area contributed by atoms with Crippen LogP contribution in [0.15, 0.2) is 0 Å². The summed E-state index contributed by atoms with van der Waals surface area (Å²) >= 11 is 1.64. The van der Waals surface area contributed by atoms with Gasteiger partial charge in [-0.1, -0.05) is 6.92 Å². The standard InChI is InChI=1S/C10H17NO2S/c1-7-8(2)14-9(11-7)4-10(3,5-12)6-13/h12-13H,4-6H2,1-3H3. The van der Waals surface area contributed by atoms with Crippen molar-refractivity contribution in [3.05, 3.63) is 15.6 Å². The van der Waals surface area contributed by atoms with E-state index >= 15 is 0 Å². The van der Waals surface area contributed by atoms with Crippen molar-refractivity contribution in [2.24, 2.45) is 5.41 Å². The molecule has 0 aliphatic rings. The second kappa shape index (κ2) is 4.38. The summed E-state index contributed by atoms with van der Waals surface area (Å²) in [6.45, 7) is 5.84. The number of hydrogen-bond donors (Lipinski definition) is 2. The van der Waals surface area contributed by atoms with E-state index in [-0.39, 0.29) is 13.2 Å². The van der Waals surface area contributed by atoms with E-state index < -0.39 is 5.41 Å². The molecule has 0 fully saturated rings. The molecular weight excluding hydrogens is 198 g/mol. The molecule has 0 amide bonds. The summed E-state index contributed by atoms with van der Waals surface area (Å²) in [4.78, 5) is 5.59. The summed E-state index contributed by atoms with van der Waals surface area (Å²) in [7, 11) is 0. The third-order valence-electron chi connectivity index (χ3n) is 2.41. The molecule has 1 aromatic heterocycles. The minimum Gasteiger partial charge on any atom is -0.396 e. The first-order valence-electron chi connectivity index (χ1n) is 4.65. The molecular formula is C10H17NO2S. The smallest absolute Gasteiger partial charge is 0.0938 e. The van der Waals surface area contributed by atoms with Gasteiger partial charge in [0.2, 0.25) is 0 Å². The number of hydrogen-bond acceptors (Lipinski definition) is 4. The lowest BCUT2D eigenvalue weighted by molar-refractivity contribution is 0.0703. The van der Waals surface area contributed by atoms with Crippen molar-refractivity contribution in [2.45, 2.75) is 27.2 Å². The molecule has 80 valence electrons. The molecule has 1 heterocycles. The Morgan fingerprint density at radius 3 is 2.21 bits per heavy atom. The van der Waals surface area contributed by atoms with Gasteiger partial charge < -0.3 is 10.2 Å². The van der Waals surface area contributed by atoms with Gasteiger partial charge in [0.1, 0.15) is 0 Å². The Morgan fingerprint density at radius 1 is 1.29 bits per heavy atom. The third kappa shape index (κ3) is 2.53. The van der Waals surface area contributed by atoms with Crippen molar-refractivity contribution in [1.82, 2.24) is 4.98 Å². The average molecular weight is 215 g/mol. The highest BCUT2D eigenvalue weighted by atomic mass is 32.1. The fourth-order valence-corrected chi connectivity index (χ4v) is 2.29. The van der Waals surface area contributed by atoms with Gasteiger partial charge >= 0.3 is 0 Å². The zero-order chi connectivity index (χ0) is 10.8. The number of thiazole rings is 1. The third-order valence-corrected chi connectivity index (χ3v) is 3.49.